The van der Waals surface area contributed by atoms with Gasteiger partial charge in [-0.25, -0.2) is 4.98 Å². The summed E-state index contributed by atoms with van der Waals surface area (Å²) in [7, 11) is 5.47. The first-order valence-electron chi connectivity index (χ1n) is 25.3. The van der Waals surface area contributed by atoms with E-state index in [4.69, 9.17) is 44.1 Å². The molecule has 69 heavy (non-hydrogen) atoms. The SMILES string of the molecule is CC[C@H]1OC(=O)[C@H](C)[C@@H](O[C@H]2C[C@@](C)(OC)[C@@H](O)[C@H](C)O2)[C@H](C)[C@@H](O[C@@H]2O[C@H](C)C[C@H](N(C)C)[C@H]2O)[C@]2(C)CC/C(=N/OCc3ccc(-c4cccc(N)n4)s3)CC[C@H]([C@@H](C)CN[C@H](C)C2)[C@]1(C)O. The van der Waals surface area contributed by atoms with E-state index in [0.29, 0.717) is 57.3 Å². The lowest BCUT2D eigenvalue weighted by Crippen LogP contribution is -2.59. The van der Waals surface area contributed by atoms with Gasteiger partial charge >= 0.3 is 5.97 Å². The Hall–Kier alpha value is -2.81. The van der Waals surface area contributed by atoms with E-state index < -0.39 is 83.6 Å². The van der Waals surface area contributed by atoms with Crippen molar-refractivity contribution >= 4 is 28.8 Å². The zero-order chi connectivity index (χ0) is 50.6. The largest absolute Gasteiger partial charge is 0.459 e. The number of fused-ring (bicyclic) bond motifs is 15. The molecule has 2 bridgehead atoms. The van der Waals surface area contributed by atoms with Crippen molar-refractivity contribution < 1.29 is 53.4 Å². The van der Waals surface area contributed by atoms with Gasteiger partial charge < -0.3 is 64.5 Å². The lowest BCUT2D eigenvalue weighted by atomic mass is 9.68. The second-order valence-electron chi connectivity index (χ2n) is 21.8. The molecule has 6 N–H and O–H groups in total. The zero-order valence-corrected chi connectivity index (χ0v) is 44.4. The predicted octanol–water partition coefficient (Wildman–Crippen LogP) is 6.92. The third kappa shape index (κ3) is 13.1. The number of esters is 1. The van der Waals surface area contributed by atoms with E-state index in [1.807, 2.05) is 71.0 Å². The summed E-state index contributed by atoms with van der Waals surface area (Å²) in [6.07, 6.45) is -3.06. The normalized spacial score (nSPS) is 41.7. The molecule has 5 aliphatic heterocycles. The van der Waals surface area contributed by atoms with Crippen molar-refractivity contribution in [2.75, 3.05) is 33.5 Å². The number of methoxy groups -OCH3 is 1. The first kappa shape index (κ1) is 55.5. The van der Waals surface area contributed by atoms with Crippen LogP contribution in [0.2, 0.25) is 0 Å². The van der Waals surface area contributed by atoms with Crippen LogP contribution in [-0.2, 0) is 44.7 Å². The second kappa shape index (κ2) is 23.4. The molecule has 16 nitrogen and oxygen atoms in total. The second-order valence-corrected chi connectivity index (χ2v) is 23.0. The molecule has 5 aliphatic rings. The van der Waals surface area contributed by atoms with Gasteiger partial charge in [-0.05, 0) is 149 Å². The summed E-state index contributed by atoms with van der Waals surface area (Å²) >= 11 is 1.57. The van der Waals surface area contributed by atoms with Crippen LogP contribution in [0.25, 0.3) is 10.6 Å². The van der Waals surface area contributed by atoms with Crippen LogP contribution in [0.4, 0.5) is 5.82 Å². The smallest absolute Gasteiger partial charge is 0.311 e. The average Bonchev–Trinajstić information content (AvgIpc) is 3.77. The number of ether oxygens (including phenoxy) is 6. The number of carbonyl (C=O) groups is 1. The highest BCUT2D eigenvalue weighted by Crippen LogP contribution is 2.46. The number of rotatable bonds is 11. The van der Waals surface area contributed by atoms with Gasteiger partial charge in [-0.3, -0.25) is 4.79 Å². The fourth-order valence-corrected chi connectivity index (χ4v) is 12.6. The van der Waals surface area contributed by atoms with E-state index in [-0.39, 0.29) is 43.1 Å². The molecule has 5 saturated heterocycles. The van der Waals surface area contributed by atoms with Crippen molar-refractivity contribution in [3.63, 3.8) is 0 Å². The van der Waals surface area contributed by atoms with Gasteiger partial charge in [-0.1, -0.05) is 38.9 Å². The van der Waals surface area contributed by atoms with Crippen LogP contribution in [0, 0.1) is 29.1 Å². The Morgan fingerprint density at radius 1 is 1.01 bits per heavy atom. The minimum Gasteiger partial charge on any atom is -0.459 e. The number of oxime groups is 1. The zero-order valence-electron chi connectivity index (χ0n) is 43.6. The van der Waals surface area contributed by atoms with Gasteiger partial charge in [0.05, 0.1) is 52.2 Å². The van der Waals surface area contributed by atoms with Crippen molar-refractivity contribution in [1.82, 2.24) is 15.2 Å². The summed E-state index contributed by atoms with van der Waals surface area (Å²) in [5.74, 6) is -1.84. The third-order valence-electron chi connectivity index (χ3n) is 16.0. The Balaban J connectivity index is 1.46. The number of aromatic nitrogens is 1. The molecule has 17 heteroatoms. The third-order valence-corrected chi connectivity index (χ3v) is 17.1. The monoisotopic (exact) mass is 988 g/mol. The number of hydrogen-bond acceptors (Lipinski definition) is 17. The molecule has 390 valence electrons. The maximum absolute atomic E-state index is 14.9. The Morgan fingerprint density at radius 2 is 1.75 bits per heavy atom. The summed E-state index contributed by atoms with van der Waals surface area (Å²) in [5.41, 5.74) is 4.54. The summed E-state index contributed by atoms with van der Waals surface area (Å²) in [4.78, 5) is 29.5. The number of anilines is 1. The van der Waals surface area contributed by atoms with E-state index in [1.165, 1.54) is 0 Å². The van der Waals surface area contributed by atoms with Crippen molar-refractivity contribution in [2.24, 2.45) is 34.2 Å². The Morgan fingerprint density at radius 3 is 2.43 bits per heavy atom. The first-order valence-corrected chi connectivity index (χ1v) is 26.2. The van der Waals surface area contributed by atoms with E-state index >= 15 is 0 Å². The molecule has 7 heterocycles. The molecule has 18 atom stereocenters. The van der Waals surface area contributed by atoms with E-state index in [1.54, 1.807) is 45.3 Å². The van der Waals surface area contributed by atoms with Gasteiger partial charge in [0.25, 0.3) is 0 Å². The molecule has 0 unspecified atom stereocenters. The van der Waals surface area contributed by atoms with Crippen molar-refractivity contribution in [1.29, 1.82) is 0 Å². The number of nitrogens with two attached hydrogens (primary N) is 1. The maximum atomic E-state index is 14.9. The number of hydrogen-bond donors (Lipinski definition) is 5. The number of thiophene rings is 1. The molecule has 0 radical (unpaired) electrons. The number of aliphatic hydroxyl groups is 3. The molecule has 0 aliphatic carbocycles. The molecule has 0 amide bonds. The topological polar surface area (TPSA) is 209 Å². The number of carbonyl (C=O) groups excluding carboxylic acids is 1. The Bertz CT molecular complexity index is 2010. The number of nitrogen functional groups attached to an aromatic ring is 1. The first-order chi connectivity index (χ1) is 32.5. The van der Waals surface area contributed by atoms with Crippen LogP contribution in [0.1, 0.15) is 125 Å². The predicted molar refractivity (Wildman–Crippen MR) is 267 cm³/mol. The molecular weight excluding hydrogens is 903 g/mol. The number of likely N-dealkylation sites (N-methyl/N-ethyl adjacent to an activating group) is 1. The van der Waals surface area contributed by atoms with E-state index in [2.05, 4.69) is 31.1 Å². The molecule has 0 spiro atoms. The minimum atomic E-state index is -1.43. The highest BCUT2D eigenvalue weighted by Gasteiger charge is 2.53. The van der Waals surface area contributed by atoms with Gasteiger partial charge in [0.1, 0.15) is 29.7 Å². The molecule has 7 rings (SSSR count). The quantitative estimate of drug-likeness (QED) is 0.114. The molecule has 0 aromatic carbocycles. The summed E-state index contributed by atoms with van der Waals surface area (Å²) in [6.45, 7) is 20.6. The summed E-state index contributed by atoms with van der Waals surface area (Å²) in [6, 6.07) is 9.36. The molecule has 0 saturated carbocycles. The van der Waals surface area contributed by atoms with Crippen LogP contribution >= 0.6 is 11.3 Å². The summed E-state index contributed by atoms with van der Waals surface area (Å²) in [5, 5.41) is 44.8. The van der Waals surface area contributed by atoms with Crippen LogP contribution < -0.4 is 11.1 Å². The standard InChI is InChI=1S/C52H85N5O11S/c1-14-41-52(10,61)37-20-18-35(56-63-28-36-19-21-40(69-36)38-16-15-17-42(53)55-38)22-23-50(8,25-30(3)54-27-29(37)2)47(68-49-44(58)39(57(11)12)24-31(4)64-49)32(5)45(33(6)48(60)66-41)67-43-26-51(9,62-13)46(59)34(7)65-43/h15-17,19,21,29-34,37,39,41,43-47,49,54,58-59,61H,14,18,20,22-28H2,1-13H3,(H2,53,55)/b56-35+/t29-,30+,31+,32-,33+,34-,37+,39-,41+,43-,44+,45-,46-,47+,49-,50+,51+,52-/m0/s1. The minimum absolute atomic E-state index is 0.0289. The Kier molecular flexibility index (Phi) is 18.8. The fourth-order valence-electron chi connectivity index (χ4n) is 11.7. The van der Waals surface area contributed by atoms with Gasteiger partial charge in [-0.15, -0.1) is 11.3 Å². The van der Waals surface area contributed by atoms with Crippen LogP contribution in [0.15, 0.2) is 35.5 Å². The van der Waals surface area contributed by atoms with Crippen molar-refractivity contribution in [2.45, 2.75) is 206 Å². The summed E-state index contributed by atoms with van der Waals surface area (Å²) < 4.78 is 39.7. The van der Waals surface area contributed by atoms with E-state index in [0.717, 1.165) is 21.2 Å². The number of pyridine rings is 1. The number of nitrogens with one attached hydrogen (secondary N) is 1. The number of aliphatic hydroxyl groups excluding tert-OH is 2. The van der Waals surface area contributed by atoms with Gasteiger partial charge in [0, 0.05) is 36.4 Å². The molecular formula is C52H85N5O11S. The van der Waals surface area contributed by atoms with Crippen molar-refractivity contribution in [3.05, 3.63) is 35.2 Å². The lowest BCUT2D eigenvalue weighted by molar-refractivity contribution is -0.314. The van der Waals surface area contributed by atoms with Crippen LogP contribution in [-0.4, -0.2) is 143 Å². The fraction of sp³-hybridized carbons (Fsp3) is 0.788. The van der Waals surface area contributed by atoms with Crippen LogP contribution in [0.5, 0.6) is 0 Å². The van der Waals surface area contributed by atoms with Crippen LogP contribution in [0.3, 0.4) is 0 Å². The lowest BCUT2D eigenvalue weighted by Gasteiger charge is -2.50. The van der Waals surface area contributed by atoms with Gasteiger partial charge in [0.2, 0.25) is 0 Å². The Labute approximate surface area is 415 Å². The van der Waals surface area contributed by atoms with E-state index in [9.17, 15) is 20.1 Å². The molecule has 2 aromatic heterocycles. The highest BCUT2D eigenvalue weighted by atomic mass is 32.1. The van der Waals surface area contributed by atoms with Gasteiger partial charge in [0.15, 0.2) is 19.2 Å². The average molecular weight is 988 g/mol. The molecule has 5 fully saturated rings. The van der Waals surface area contributed by atoms with Gasteiger partial charge in [-0.2, -0.15) is 0 Å². The maximum Gasteiger partial charge on any atom is 0.311 e. The van der Waals surface area contributed by atoms with Crippen molar-refractivity contribution in [3.8, 4) is 10.6 Å². The molecule has 2 aromatic rings. The highest BCUT2D eigenvalue weighted by molar-refractivity contribution is 7.15. The number of nitrogens with zero attached hydrogens (tertiary/aromatic N) is 3.